The number of hydrogen-bond donors (Lipinski definition) is 2. The van der Waals surface area contributed by atoms with E-state index in [2.05, 4.69) is 15.8 Å². The van der Waals surface area contributed by atoms with E-state index >= 15 is 0 Å². The first-order valence-electron chi connectivity index (χ1n) is 10.1. The number of alkyl halides is 3. The van der Waals surface area contributed by atoms with Crippen LogP contribution >= 0.6 is 23.2 Å². The molecule has 0 saturated heterocycles. The SMILES string of the molecule is COc1cc(/C=N\NC(=O)CNc2cccc(C(F)(F)F)c2)cc(Cl)c1OCc1ccc(Cl)cc1. The van der Waals surface area contributed by atoms with Gasteiger partial charge in [-0.1, -0.05) is 41.4 Å². The Morgan fingerprint density at radius 3 is 2.51 bits per heavy atom. The number of nitrogens with zero attached hydrogens (tertiary/aromatic N) is 1. The standard InChI is InChI=1S/C24H20Cl2F3N3O3/c1-34-21-10-16(9-20(26)23(21)35-14-15-5-7-18(25)8-6-15)12-31-32-22(33)13-30-19-4-2-3-17(11-19)24(27,28)29/h2-12,30H,13-14H2,1H3,(H,32,33)/b31-12-. The van der Waals surface area contributed by atoms with Gasteiger partial charge < -0.3 is 14.8 Å². The topological polar surface area (TPSA) is 72.0 Å². The summed E-state index contributed by atoms with van der Waals surface area (Å²) in [6.07, 6.45) is -3.12. The fraction of sp³-hybridized carbons (Fsp3) is 0.167. The third-order valence-corrected chi connectivity index (χ3v) is 5.13. The molecule has 0 aliphatic heterocycles. The van der Waals surface area contributed by atoms with Gasteiger partial charge in [-0.2, -0.15) is 18.3 Å². The highest BCUT2D eigenvalue weighted by Gasteiger charge is 2.30. The zero-order chi connectivity index (χ0) is 25.4. The summed E-state index contributed by atoms with van der Waals surface area (Å²) in [5, 5.41) is 7.36. The Kier molecular flexibility index (Phi) is 8.84. The third-order valence-electron chi connectivity index (χ3n) is 4.59. The summed E-state index contributed by atoms with van der Waals surface area (Å²) < 4.78 is 49.5. The van der Waals surface area contributed by atoms with Gasteiger partial charge in [0, 0.05) is 10.7 Å². The van der Waals surface area contributed by atoms with E-state index in [9.17, 15) is 18.0 Å². The van der Waals surface area contributed by atoms with Crippen molar-refractivity contribution in [3.63, 3.8) is 0 Å². The van der Waals surface area contributed by atoms with Gasteiger partial charge in [-0.15, -0.1) is 0 Å². The van der Waals surface area contributed by atoms with Crippen molar-refractivity contribution in [3.8, 4) is 11.5 Å². The number of rotatable bonds is 9. The molecular formula is C24H20Cl2F3N3O3. The zero-order valence-electron chi connectivity index (χ0n) is 18.3. The summed E-state index contributed by atoms with van der Waals surface area (Å²) in [5.74, 6) is 0.153. The average molecular weight is 526 g/mol. The number of hydrazone groups is 1. The molecule has 0 heterocycles. The molecule has 0 atom stereocenters. The predicted octanol–water partition coefficient (Wildman–Crippen LogP) is 6.16. The fourth-order valence-corrected chi connectivity index (χ4v) is 3.30. The van der Waals surface area contributed by atoms with Gasteiger partial charge in [-0.3, -0.25) is 4.79 Å². The number of nitrogens with one attached hydrogen (secondary N) is 2. The van der Waals surface area contributed by atoms with Crippen LogP contribution in [0, 0.1) is 0 Å². The Hall–Kier alpha value is -3.43. The molecule has 11 heteroatoms. The molecule has 0 aliphatic carbocycles. The Balaban J connectivity index is 1.57. The summed E-state index contributed by atoms with van der Waals surface area (Å²) in [5.41, 5.74) is 3.05. The Labute approximate surface area is 209 Å². The lowest BCUT2D eigenvalue weighted by atomic mass is 10.2. The highest BCUT2D eigenvalue weighted by Crippen LogP contribution is 2.36. The molecule has 0 saturated carbocycles. The van der Waals surface area contributed by atoms with Crippen LogP contribution in [-0.4, -0.2) is 25.8 Å². The van der Waals surface area contributed by atoms with Gasteiger partial charge in [0.25, 0.3) is 5.91 Å². The summed E-state index contributed by atoms with van der Waals surface area (Å²) in [7, 11) is 1.46. The number of carbonyl (C=O) groups excluding carboxylic acids is 1. The quantitative estimate of drug-likeness (QED) is 0.259. The van der Waals surface area contributed by atoms with E-state index in [0.29, 0.717) is 22.1 Å². The molecule has 1 amide bonds. The second-order valence-corrected chi connectivity index (χ2v) is 8.02. The molecular weight excluding hydrogens is 506 g/mol. The minimum atomic E-state index is -4.47. The van der Waals surface area contributed by atoms with E-state index in [1.807, 2.05) is 12.1 Å². The molecule has 3 aromatic carbocycles. The molecule has 2 N–H and O–H groups in total. The maximum absolute atomic E-state index is 12.8. The van der Waals surface area contributed by atoms with E-state index in [1.165, 1.54) is 25.5 Å². The lowest BCUT2D eigenvalue weighted by Crippen LogP contribution is -2.26. The minimum absolute atomic E-state index is 0.157. The van der Waals surface area contributed by atoms with Gasteiger partial charge in [0.1, 0.15) is 6.61 Å². The average Bonchev–Trinajstić information content (AvgIpc) is 2.82. The first kappa shape index (κ1) is 26.2. The summed E-state index contributed by atoms with van der Waals surface area (Å²) in [6.45, 7) is -0.0319. The van der Waals surface area contributed by atoms with Crippen molar-refractivity contribution in [2.45, 2.75) is 12.8 Å². The molecule has 35 heavy (non-hydrogen) atoms. The van der Waals surface area contributed by atoms with Crippen LogP contribution in [0.2, 0.25) is 10.0 Å². The van der Waals surface area contributed by atoms with Crippen molar-refractivity contribution in [2.24, 2.45) is 5.10 Å². The van der Waals surface area contributed by atoms with Crippen molar-refractivity contribution in [2.75, 3.05) is 19.0 Å². The Morgan fingerprint density at radius 2 is 1.83 bits per heavy atom. The number of hydrogen-bond acceptors (Lipinski definition) is 5. The smallest absolute Gasteiger partial charge is 0.416 e. The second-order valence-electron chi connectivity index (χ2n) is 7.17. The molecule has 3 rings (SSSR count). The summed E-state index contributed by atoms with van der Waals surface area (Å²) >= 11 is 12.2. The normalized spacial score (nSPS) is 11.4. The van der Waals surface area contributed by atoms with Gasteiger partial charge in [-0.25, -0.2) is 5.43 Å². The number of carbonyl (C=O) groups is 1. The van der Waals surface area contributed by atoms with Crippen LogP contribution in [-0.2, 0) is 17.6 Å². The largest absolute Gasteiger partial charge is 0.493 e. The van der Waals surface area contributed by atoms with Crippen molar-refractivity contribution in [1.29, 1.82) is 0 Å². The molecule has 0 spiro atoms. The number of ether oxygens (including phenoxy) is 2. The van der Waals surface area contributed by atoms with E-state index in [1.54, 1.807) is 24.3 Å². The van der Waals surface area contributed by atoms with Gasteiger partial charge in [-0.05, 0) is 53.6 Å². The third kappa shape index (κ3) is 7.80. The maximum atomic E-state index is 12.8. The molecule has 0 aromatic heterocycles. The molecule has 0 radical (unpaired) electrons. The monoisotopic (exact) mass is 525 g/mol. The number of anilines is 1. The van der Waals surface area contributed by atoms with E-state index < -0.39 is 17.6 Å². The van der Waals surface area contributed by atoms with Crippen LogP contribution in [0.25, 0.3) is 0 Å². The van der Waals surface area contributed by atoms with Crippen molar-refractivity contribution < 1.29 is 27.4 Å². The van der Waals surface area contributed by atoms with E-state index in [-0.39, 0.29) is 23.9 Å². The van der Waals surface area contributed by atoms with Gasteiger partial charge >= 0.3 is 6.18 Å². The lowest BCUT2D eigenvalue weighted by Gasteiger charge is -2.13. The van der Waals surface area contributed by atoms with Gasteiger partial charge in [0.2, 0.25) is 0 Å². The Bertz CT molecular complexity index is 1200. The molecule has 3 aromatic rings. The van der Waals surface area contributed by atoms with Crippen LogP contribution in [0.15, 0.2) is 65.8 Å². The van der Waals surface area contributed by atoms with Crippen LogP contribution in [0.3, 0.4) is 0 Å². The molecule has 184 valence electrons. The van der Waals surface area contributed by atoms with E-state index in [4.69, 9.17) is 32.7 Å². The summed E-state index contributed by atoms with van der Waals surface area (Å²) in [6, 6.07) is 14.9. The molecule has 0 aliphatic rings. The second kappa shape index (κ2) is 11.8. The predicted molar refractivity (Wildman–Crippen MR) is 129 cm³/mol. The maximum Gasteiger partial charge on any atom is 0.416 e. The van der Waals surface area contributed by atoms with Crippen LogP contribution in [0.5, 0.6) is 11.5 Å². The lowest BCUT2D eigenvalue weighted by molar-refractivity contribution is -0.137. The molecule has 0 bridgehead atoms. The number of halogens is 5. The number of benzene rings is 3. The first-order chi connectivity index (χ1) is 16.7. The molecule has 6 nitrogen and oxygen atoms in total. The number of amides is 1. The van der Waals surface area contributed by atoms with Crippen molar-refractivity contribution in [1.82, 2.24) is 5.43 Å². The van der Waals surface area contributed by atoms with Gasteiger partial charge in [0.05, 0.1) is 30.5 Å². The highest BCUT2D eigenvalue weighted by molar-refractivity contribution is 6.32. The van der Waals surface area contributed by atoms with Crippen molar-refractivity contribution >= 4 is 41.0 Å². The zero-order valence-corrected chi connectivity index (χ0v) is 19.8. The minimum Gasteiger partial charge on any atom is -0.493 e. The Morgan fingerprint density at radius 1 is 1.09 bits per heavy atom. The van der Waals surface area contributed by atoms with Crippen LogP contribution < -0.4 is 20.2 Å². The van der Waals surface area contributed by atoms with Crippen LogP contribution in [0.4, 0.5) is 18.9 Å². The van der Waals surface area contributed by atoms with Crippen LogP contribution in [0.1, 0.15) is 16.7 Å². The highest BCUT2D eigenvalue weighted by atomic mass is 35.5. The van der Waals surface area contributed by atoms with E-state index in [0.717, 1.165) is 17.7 Å². The molecule has 0 fully saturated rings. The van der Waals surface area contributed by atoms with Gasteiger partial charge in [0.15, 0.2) is 11.5 Å². The first-order valence-corrected chi connectivity index (χ1v) is 10.9. The molecule has 0 unspecified atom stereocenters. The number of methoxy groups -OCH3 is 1. The summed E-state index contributed by atoms with van der Waals surface area (Å²) in [4.78, 5) is 12.0. The van der Waals surface area contributed by atoms with Crippen molar-refractivity contribution in [3.05, 3.63) is 87.4 Å². The fourth-order valence-electron chi connectivity index (χ4n) is 2.90.